The Kier molecular flexibility index (Phi) is 8.93. The molecular formula is C27H21Cl2FN2O5S. The second-order valence-corrected chi connectivity index (χ2v) is 9.81. The van der Waals surface area contributed by atoms with Crippen molar-refractivity contribution in [2.24, 2.45) is 0 Å². The summed E-state index contributed by atoms with van der Waals surface area (Å²) in [6.45, 7) is 1.81. The van der Waals surface area contributed by atoms with Gasteiger partial charge in [0, 0.05) is 5.02 Å². The third-order valence-electron chi connectivity index (χ3n) is 5.25. The molecule has 0 atom stereocenters. The van der Waals surface area contributed by atoms with Crippen molar-refractivity contribution in [1.82, 2.24) is 4.90 Å². The van der Waals surface area contributed by atoms with Crippen molar-refractivity contribution in [3.05, 3.63) is 92.6 Å². The summed E-state index contributed by atoms with van der Waals surface area (Å²) in [5, 5.41) is 2.60. The van der Waals surface area contributed by atoms with Crippen LogP contribution in [0.1, 0.15) is 18.1 Å². The molecule has 7 nitrogen and oxygen atoms in total. The average molecular weight is 575 g/mol. The maximum Gasteiger partial charge on any atom is 0.294 e. The number of benzene rings is 3. The molecule has 0 aromatic heterocycles. The van der Waals surface area contributed by atoms with E-state index in [-0.39, 0.29) is 22.2 Å². The third kappa shape index (κ3) is 6.66. The first-order valence-electron chi connectivity index (χ1n) is 11.4. The highest BCUT2D eigenvalue weighted by molar-refractivity contribution is 8.18. The molecule has 3 aromatic rings. The number of nitrogens with one attached hydrogen (secondary N) is 1. The van der Waals surface area contributed by atoms with Gasteiger partial charge in [0.2, 0.25) is 5.91 Å². The van der Waals surface area contributed by atoms with Gasteiger partial charge in [-0.2, -0.15) is 0 Å². The first-order chi connectivity index (χ1) is 18.2. The number of nitrogens with zero attached hydrogens (tertiary/aromatic N) is 1. The van der Waals surface area contributed by atoms with Crippen LogP contribution in [-0.4, -0.2) is 35.1 Å². The highest BCUT2D eigenvalue weighted by atomic mass is 35.5. The second kappa shape index (κ2) is 12.3. The minimum atomic E-state index is -0.706. The van der Waals surface area contributed by atoms with E-state index in [4.69, 9.17) is 32.7 Å². The van der Waals surface area contributed by atoms with E-state index in [1.54, 1.807) is 37.3 Å². The Morgan fingerprint density at radius 3 is 2.53 bits per heavy atom. The SMILES string of the molecule is CCOc1cc(/C=C2\SC(=O)N(CC(=O)Nc3ccccc3F)C2=O)cc(Cl)c1OCc1ccc(Cl)cc1. The number of halogens is 3. The first kappa shape index (κ1) is 27.5. The normalized spacial score (nSPS) is 14.2. The fourth-order valence-corrected chi connectivity index (χ4v) is 4.73. The molecule has 1 aliphatic heterocycles. The monoisotopic (exact) mass is 574 g/mol. The Hall–Kier alpha value is -3.53. The lowest BCUT2D eigenvalue weighted by Gasteiger charge is -2.15. The van der Waals surface area contributed by atoms with E-state index >= 15 is 0 Å². The fourth-order valence-electron chi connectivity index (χ4n) is 3.49. The molecule has 1 heterocycles. The lowest BCUT2D eigenvalue weighted by atomic mass is 10.1. The molecule has 0 aliphatic carbocycles. The lowest BCUT2D eigenvalue weighted by molar-refractivity contribution is -0.127. The van der Waals surface area contributed by atoms with Crippen LogP contribution in [0, 0.1) is 5.82 Å². The Balaban J connectivity index is 1.49. The number of para-hydroxylation sites is 1. The molecule has 1 N–H and O–H groups in total. The largest absolute Gasteiger partial charge is 0.490 e. The maximum absolute atomic E-state index is 13.8. The van der Waals surface area contributed by atoms with Crippen LogP contribution in [-0.2, 0) is 16.2 Å². The van der Waals surface area contributed by atoms with Crippen LogP contribution < -0.4 is 14.8 Å². The number of ether oxygens (including phenoxy) is 2. The average Bonchev–Trinajstić information content (AvgIpc) is 3.13. The van der Waals surface area contributed by atoms with Gasteiger partial charge in [0.25, 0.3) is 11.1 Å². The van der Waals surface area contributed by atoms with Crippen LogP contribution in [0.2, 0.25) is 10.0 Å². The van der Waals surface area contributed by atoms with Gasteiger partial charge in [-0.25, -0.2) is 4.39 Å². The molecule has 0 unspecified atom stereocenters. The summed E-state index contributed by atoms with van der Waals surface area (Å²) in [6, 6.07) is 16.0. The zero-order valence-electron chi connectivity index (χ0n) is 20.0. The van der Waals surface area contributed by atoms with Crippen LogP contribution >= 0.6 is 35.0 Å². The number of imide groups is 1. The molecule has 11 heteroatoms. The number of rotatable bonds is 9. The van der Waals surface area contributed by atoms with Gasteiger partial charge in [-0.15, -0.1) is 0 Å². The molecule has 38 heavy (non-hydrogen) atoms. The van der Waals surface area contributed by atoms with Crippen molar-refractivity contribution in [1.29, 1.82) is 0 Å². The van der Waals surface area contributed by atoms with Gasteiger partial charge in [0.15, 0.2) is 11.5 Å². The smallest absolute Gasteiger partial charge is 0.294 e. The summed E-state index contributed by atoms with van der Waals surface area (Å²) in [5.74, 6) is -1.29. The predicted octanol–water partition coefficient (Wildman–Crippen LogP) is 6.79. The minimum absolute atomic E-state index is 0.0449. The summed E-state index contributed by atoms with van der Waals surface area (Å²) < 4.78 is 25.4. The molecule has 0 saturated carbocycles. The van der Waals surface area contributed by atoms with Crippen molar-refractivity contribution < 1.29 is 28.2 Å². The Morgan fingerprint density at radius 1 is 1.08 bits per heavy atom. The highest BCUT2D eigenvalue weighted by Gasteiger charge is 2.36. The summed E-state index contributed by atoms with van der Waals surface area (Å²) in [5.41, 5.74) is 1.33. The van der Waals surface area contributed by atoms with Gasteiger partial charge < -0.3 is 14.8 Å². The summed E-state index contributed by atoms with van der Waals surface area (Å²) in [7, 11) is 0. The molecular weight excluding hydrogens is 554 g/mol. The molecule has 0 radical (unpaired) electrons. The fraction of sp³-hybridized carbons (Fsp3) is 0.148. The highest BCUT2D eigenvalue weighted by Crippen LogP contribution is 2.39. The van der Waals surface area contributed by atoms with Crippen molar-refractivity contribution in [2.75, 3.05) is 18.5 Å². The zero-order chi connectivity index (χ0) is 27.2. The maximum atomic E-state index is 13.8. The quantitative estimate of drug-likeness (QED) is 0.283. The summed E-state index contributed by atoms with van der Waals surface area (Å²) in [6.07, 6.45) is 1.48. The van der Waals surface area contributed by atoms with E-state index in [0.29, 0.717) is 40.5 Å². The minimum Gasteiger partial charge on any atom is -0.490 e. The van der Waals surface area contributed by atoms with Gasteiger partial charge in [-0.1, -0.05) is 47.5 Å². The van der Waals surface area contributed by atoms with Gasteiger partial charge in [0.1, 0.15) is 19.0 Å². The number of hydrogen-bond acceptors (Lipinski definition) is 6. The van der Waals surface area contributed by atoms with Crippen LogP contribution in [0.15, 0.2) is 65.6 Å². The van der Waals surface area contributed by atoms with E-state index in [9.17, 15) is 18.8 Å². The third-order valence-corrected chi connectivity index (χ3v) is 6.69. The van der Waals surface area contributed by atoms with Gasteiger partial charge in [0.05, 0.1) is 22.2 Å². The molecule has 1 saturated heterocycles. The standard InChI is InChI=1S/C27H21Cl2FN2O5S/c1-2-36-22-12-17(11-19(29)25(22)37-15-16-7-9-18(28)10-8-16)13-23-26(34)32(27(35)38-23)14-24(33)31-21-6-4-3-5-20(21)30/h3-13H,2,14-15H2,1H3,(H,31,33)/b23-13-. The van der Waals surface area contributed by atoms with Crippen molar-refractivity contribution in [3.63, 3.8) is 0 Å². The second-order valence-electron chi connectivity index (χ2n) is 7.97. The number of carbonyl (C=O) groups excluding carboxylic acids is 3. The Labute approximate surface area is 232 Å². The zero-order valence-corrected chi connectivity index (χ0v) is 22.3. The summed E-state index contributed by atoms with van der Waals surface area (Å²) >= 11 is 13.1. The number of carbonyl (C=O) groups is 3. The van der Waals surface area contributed by atoms with Crippen molar-refractivity contribution >= 4 is 63.8 Å². The molecule has 196 valence electrons. The Morgan fingerprint density at radius 2 is 1.82 bits per heavy atom. The number of thioether (sulfide) groups is 1. The van der Waals surface area contributed by atoms with Crippen LogP contribution in [0.4, 0.5) is 14.9 Å². The molecule has 0 spiro atoms. The predicted molar refractivity (Wildman–Crippen MR) is 146 cm³/mol. The van der Waals surface area contributed by atoms with Crippen molar-refractivity contribution in [2.45, 2.75) is 13.5 Å². The van der Waals surface area contributed by atoms with E-state index in [1.165, 1.54) is 24.3 Å². The summed E-state index contributed by atoms with van der Waals surface area (Å²) in [4.78, 5) is 38.6. The number of hydrogen-bond donors (Lipinski definition) is 1. The van der Waals surface area contributed by atoms with Crippen molar-refractivity contribution in [3.8, 4) is 11.5 Å². The number of amides is 3. The van der Waals surface area contributed by atoms with Gasteiger partial charge >= 0.3 is 0 Å². The molecule has 4 rings (SSSR count). The number of anilines is 1. The molecule has 3 amide bonds. The topological polar surface area (TPSA) is 84.9 Å². The molecule has 3 aromatic carbocycles. The van der Waals surface area contributed by atoms with Gasteiger partial charge in [-0.05, 0) is 72.3 Å². The van der Waals surface area contributed by atoms with Crippen LogP contribution in [0.5, 0.6) is 11.5 Å². The van der Waals surface area contributed by atoms with Crippen LogP contribution in [0.25, 0.3) is 6.08 Å². The van der Waals surface area contributed by atoms with E-state index in [1.807, 2.05) is 12.1 Å². The van der Waals surface area contributed by atoms with E-state index < -0.39 is 29.4 Å². The van der Waals surface area contributed by atoms with E-state index in [0.717, 1.165) is 10.5 Å². The first-order valence-corrected chi connectivity index (χ1v) is 13.0. The lowest BCUT2D eigenvalue weighted by Crippen LogP contribution is -2.36. The molecule has 0 bridgehead atoms. The molecule has 1 fully saturated rings. The van der Waals surface area contributed by atoms with E-state index in [2.05, 4.69) is 5.32 Å². The Bertz CT molecular complexity index is 1420. The van der Waals surface area contributed by atoms with Gasteiger partial charge in [-0.3, -0.25) is 19.3 Å². The molecule has 1 aliphatic rings. The van der Waals surface area contributed by atoms with Crippen LogP contribution in [0.3, 0.4) is 0 Å².